The van der Waals surface area contributed by atoms with E-state index in [1.165, 1.54) is 0 Å². The molecule has 2 rings (SSSR count). The summed E-state index contributed by atoms with van der Waals surface area (Å²) in [4.78, 5) is 12.2. The number of rotatable bonds is 4. The van der Waals surface area contributed by atoms with Gasteiger partial charge in [0, 0.05) is 16.2 Å². The van der Waals surface area contributed by atoms with Gasteiger partial charge < -0.3 is 15.4 Å². The Labute approximate surface area is 128 Å². The van der Waals surface area contributed by atoms with Gasteiger partial charge in [0.2, 0.25) is 5.91 Å². The quantitative estimate of drug-likeness (QED) is 0.883. The topological polar surface area (TPSA) is 50.4 Å². The minimum Gasteiger partial charge on any atom is -0.491 e. The Morgan fingerprint density at radius 2 is 2.20 bits per heavy atom. The number of hydrogen-bond donors (Lipinski definition) is 2. The van der Waals surface area contributed by atoms with E-state index in [-0.39, 0.29) is 18.1 Å². The molecule has 1 atom stereocenters. The lowest BCUT2D eigenvalue weighted by Crippen LogP contribution is -2.43. The minimum atomic E-state index is -0.0859. The predicted molar refractivity (Wildman–Crippen MR) is 84.2 cm³/mol. The molecule has 1 aromatic carbocycles. The Kier molecular flexibility index (Phi) is 5.43. The van der Waals surface area contributed by atoms with Gasteiger partial charge in [-0.25, -0.2) is 0 Å². The number of amides is 1. The zero-order valence-electron chi connectivity index (χ0n) is 11.9. The maximum atomic E-state index is 12.2. The van der Waals surface area contributed by atoms with Crippen LogP contribution in [-0.4, -0.2) is 24.6 Å². The van der Waals surface area contributed by atoms with Crippen molar-refractivity contribution in [2.75, 3.05) is 11.9 Å². The lowest BCUT2D eigenvalue weighted by molar-refractivity contribution is -0.118. The number of benzene rings is 1. The third-order valence-corrected chi connectivity index (χ3v) is 3.60. The van der Waals surface area contributed by atoms with Crippen LogP contribution in [-0.2, 0) is 4.79 Å². The van der Waals surface area contributed by atoms with E-state index in [4.69, 9.17) is 4.74 Å². The van der Waals surface area contributed by atoms with E-state index < -0.39 is 0 Å². The lowest BCUT2D eigenvalue weighted by atomic mass is 10.0. The van der Waals surface area contributed by atoms with Crippen LogP contribution in [0.1, 0.15) is 33.1 Å². The van der Waals surface area contributed by atoms with Crippen LogP contribution < -0.4 is 15.4 Å². The van der Waals surface area contributed by atoms with Crippen LogP contribution in [0.4, 0.5) is 5.69 Å². The third-order valence-electron chi connectivity index (χ3n) is 3.14. The van der Waals surface area contributed by atoms with Crippen LogP contribution in [0.15, 0.2) is 22.7 Å². The van der Waals surface area contributed by atoms with Crippen molar-refractivity contribution in [2.24, 2.45) is 0 Å². The predicted octanol–water partition coefficient (Wildman–Crippen LogP) is 3.32. The first kappa shape index (κ1) is 15.3. The van der Waals surface area contributed by atoms with Crippen molar-refractivity contribution < 1.29 is 9.53 Å². The summed E-state index contributed by atoms with van der Waals surface area (Å²) in [5.74, 6) is 0.777. The van der Waals surface area contributed by atoms with E-state index in [2.05, 4.69) is 26.6 Å². The van der Waals surface area contributed by atoms with Crippen molar-refractivity contribution in [1.29, 1.82) is 0 Å². The molecule has 1 amide bonds. The molecule has 20 heavy (non-hydrogen) atoms. The van der Waals surface area contributed by atoms with E-state index >= 15 is 0 Å². The summed E-state index contributed by atoms with van der Waals surface area (Å²) >= 11 is 3.44. The molecule has 110 valence electrons. The number of carbonyl (C=O) groups excluding carboxylic acids is 1. The second-order valence-corrected chi connectivity index (χ2v) is 6.25. The molecule has 0 saturated carbocycles. The molecule has 1 heterocycles. The van der Waals surface area contributed by atoms with Gasteiger partial charge in [0.05, 0.1) is 12.1 Å². The first-order valence-corrected chi connectivity index (χ1v) is 7.85. The van der Waals surface area contributed by atoms with Gasteiger partial charge in [-0.05, 0) is 45.4 Å². The smallest absolute Gasteiger partial charge is 0.241 e. The number of carbonyl (C=O) groups is 1. The molecule has 1 saturated heterocycles. The highest BCUT2D eigenvalue weighted by Crippen LogP contribution is 2.26. The molecule has 0 bridgehead atoms. The Morgan fingerprint density at radius 3 is 2.85 bits per heavy atom. The van der Waals surface area contributed by atoms with Gasteiger partial charge in [0.1, 0.15) is 5.75 Å². The van der Waals surface area contributed by atoms with Crippen molar-refractivity contribution in [3.63, 3.8) is 0 Å². The summed E-state index contributed by atoms with van der Waals surface area (Å²) < 4.78 is 6.56. The summed E-state index contributed by atoms with van der Waals surface area (Å²) in [6, 6.07) is 5.55. The number of hydrogen-bond acceptors (Lipinski definition) is 3. The number of nitrogens with one attached hydrogen (secondary N) is 2. The molecule has 4 nitrogen and oxygen atoms in total. The van der Waals surface area contributed by atoms with E-state index in [0.29, 0.717) is 0 Å². The summed E-state index contributed by atoms with van der Waals surface area (Å²) in [6.07, 6.45) is 3.25. The molecule has 1 aliphatic rings. The molecule has 2 N–H and O–H groups in total. The molecule has 0 aromatic heterocycles. The van der Waals surface area contributed by atoms with Crippen LogP contribution in [0, 0.1) is 0 Å². The second-order valence-electron chi connectivity index (χ2n) is 5.33. The summed E-state index contributed by atoms with van der Waals surface area (Å²) in [5.41, 5.74) is 0.757. The van der Waals surface area contributed by atoms with Crippen LogP contribution in [0.5, 0.6) is 5.75 Å². The second kappa shape index (κ2) is 7.09. The van der Waals surface area contributed by atoms with Crippen molar-refractivity contribution in [2.45, 2.75) is 45.3 Å². The first-order chi connectivity index (χ1) is 9.54. The van der Waals surface area contributed by atoms with Gasteiger partial charge in [-0.1, -0.05) is 22.4 Å². The number of anilines is 1. The highest BCUT2D eigenvalue weighted by Gasteiger charge is 2.20. The fraction of sp³-hybridized carbons (Fsp3) is 0.533. The molecule has 1 aliphatic heterocycles. The Hall–Kier alpha value is -1.07. The SMILES string of the molecule is CC(C)Oc1cc(Br)cc(NC(=O)C2CCCCN2)c1. The van der Waals surface area contributed by atoms with E-state index in [1.807, 2.05) is 32.0 Å². The standard InChI is InChI=1S/C15H21BrN2O2/c1-10(2)20-13-8-11(16)7-12(9-13)18-15(19)14-5-3-4-6-17-14/h7-10,14,17H,3-6H2,1-2H3,(H,18,19). The summed E-state index contributed by atoms with van der Waals surface area (Å²) in [7, 11) is 0. The van der Waals surface area contributed by atoms with Gasteiger partial charge in [-0.3, -0.25) is 4.79 Å². The van der Waals surface area contributed by atoms with Crippen molar-refractivity contribution >= 4 is 27.5 Å². The largest absolute Gasteiger partial charge is 0.491 e. The van der Waals surface area contributed by atoms with E-state index in [0.717, 1.165) is 41.7 Å². The highest BCUT2D eigenvalue weighted by molar-refractivity contribution is 9.10. The third kappa shape index (κ3) is 4.49. The van der Waals surface area contributed by atoms with Crippen LogP contribution in [0.2, 0.25) is 0 Å². The van der Waals surface area contributed by atoms with E-state index in [1.54, 1.807) is 0 Å². The molecule has 5 heteroatoms. The number of piperidine rings is 1. The molecule has 1 aromatic rings. The molecular weight excluding hydrogens is 320 g/mol. The summed E-state index contributed by atoms with van der Waals surface area (Å²) in [5, 5.41) is 6.20. The highest BCUT2D eigenvalue weighted by atomic mass is 79.9. The molecule has 1 fully saturated rings. The van der Waals surface area contributed by atoms with Crippen LogP contribution in [0.3, 0.4) is 0 Å². The maximum Gasteiger partial charge on any atom is 0.241 e. The first-order valence-electron chi connectivity index (χ1n) is 7.06. The van der Waals surface area contributed by atoms with Gasteiger partial charge in [-0.2, -0.15) is 0 Å². The Bertz CT molecular complexity index is 471. The minimum absolute atomic E-state index is 0.0262. The summed E-state index contributed by atoms with van der Waals surface area (Å²) in [6.45, 7) is 4.87. The monoisotopic (exact) mass is 340 g/mol. The average molecular weight is 341 g/mol. The van der Waals surface area contributed by atoms with Crippen molar-refractivity contribution in [3.05, 3.63) is 22.7 Å². The Balaban J connectivity index is 2.04. The molecule has 0 radical (unpaired) electrons. The van der Waals surface area contributed by atoms with E-state index in [9.17, 15) is 4.79 Å². The Morgan fingerprint density at radius 1 is 1.40 bits per heavy atom. The molecular formula is C15H21BrN2O2. The molecule has 1 unspecified atom stereocenters. The molecule has 0 spiro atoms. The maximum absolute atomic E-state index is 12.2. The lowest BCUT2D eigenvalue weighted by Gasteiger charge is -2.22. The zero-order valence-corrected chi connectivity index (χ0v) is 13.5. The fourth-order valence-corrected chi connectivity index (χ4v) is 2.75. The fourth-order valence-electron chi connectivity index (χ4n) is 2.28. The van der Waals surface area contributed by atoms with Gasteiger partial charge in [0.15, 0.2) is 0 Å². The average Bonchev–Trinajstić information content (AvgIpc) is 2.38. The number of halogens is 1. The van der Waals surface area contributed by atoms with Crippen molar-refractivity contribution in [3.8, 4) is 5.75 Å². The normalized spacial score (nSPS) is 18.9. The van der Waals surface area contributed by atoms with Crippen LogP contribution in [0.25, 0.3) is 0 Å². The number of ether oxygens (including phenoxy) is 1. The van der Waals surface area contributed by atoms with Crippen LogP contribution >= 0.6 is 15.9 Å². The van der Waals surface area contributed by atoms with Gasteiger partial charge in [0.25, 0.3) is 0 Å². The van der Waals surface area contributed by atoms with Gasteiger partial charge in [-0.15, -0.1) is 0 Å². The molecule has 0 aliphatic carbocycles. The van der Waals surface area contributed by atoms with Gasteiger partial charge >= 0.3 is 0 Å². The zero-order chi connectivity index (χ0) is 14.5. The van der Waals surface area contributed by atoms with Crippen molar-refractivity contribution in [1.82, 2.24) is 5.32 Å².